The second kappa shape index (κ2) is 7.16. The summed E-state index contributed by atoms with van der Waals surface area (Å²) in [5, 5.41) is 9.10. The summed E-state index contributed by atoms with van der Waals surface area (Å²) in [4.78, 5) is 2.18. The Morgan fingerprint density at radius 2 is 2.24 bits per heavy atom. The van der Waals surface area contributed by atoms with Gasteiger partial charge in [0.1, 0.15) is 5.75 Å². The van der Waals surface area contributed by atoms with Gasteiger partial charge in [-0.1, -0.05) is 17.7 Å². The predicted octanol–water partition coefficient (Wildman–Crippen LogP) is 3.08. The molecule has 1 rings (SSSR count). The zero-order valence-corrected chi connectivity index (χ0v) is 11.0. The molecule has 0 radical (unpaired) electrons. The number of nitriles is 1. The van der Waals surface area contributed by atoms with Crippen molar-refractivity contribution in [2.24, 2.45) is 0 Å². The second-order valence-corrected chi connectivity index (χ2v) is 4.38. The number of halogens is 1. The molecule has 0 unspecified atom stereocenters. The number of hydrogen-bond donors (Lipinski definition) is 0. The Morgan fingerprint density at radius 3 is 2.82 bits per heavy atom. The molecule has 1 aromatic rings. The van der Waals surface area contributed by atoms with Crippen molar-refractivity contribution in [1.82, 2.24) is 4.90 Å². The number of methoxy groups -OCH3 is 1. The predicted molar refractivity (Wildman–Crippen MR) is 69.2 cm³/mol. The Morgan fingerprint density at radius 1 is 1.47 bits per heavy atom. The minimum absolute atomic E-state index is 0.605. The van der Waals surface area contributed by atoms with Crippen molar-refractivity contribution < 1.29 is 4.74 Å². The molecule has 0 N–H and O–H groups in total. The van der Waals surface area contributed by atoms with Gasteiger partial charge in [0.25, 0.3) is 0 Å². The summed E-state index contributed by atoms with van der Waals surface area (Å²) < 4.78 is 5.10. The first-order valence-corrected chi connectivity index (χ1v) is 5.93. The lowest BCUT2D eigenvalue weighted by Gasteiger charge is -2.16. The van der Waals surface area contributed by atoms with Gasteiger partial charge in [-0.25, -0.2) is 0 Å². The normalized spacial score (nSPS) is 10.3. The van der Waals surface area contributed by atoms with Crippen molar-refractivity contribution >= 4 is 11.6 Å². The van der Waals surface area contributed by atoms with Crippen LogP contribution >= 0.6 is 11.6 Å². The Kier molecular flexibility index (Phi) is 5.82. The van der Waals surface area contributed by atoms with Crippen LogP contribution in [0.1, 0.15) is 18.4 Å². The quantitative estimate of drug-likeness (QED) is 0.730. The van der Waals surface area contributed by atoms with Crippen LogP contribution in [0.3, 0.4) is 0 Å². The van der Waals surface area contributed by atoms with Crippen LogP contribution in [0.5, 0.6) is 5.75 Å². The molecule has 4 heteroatoms. The van der Waals surface area contributed by atoms with Gasteiger partial charge in [-0.3, -0.25) is 0 Å². The van der Waals surface area contributed by atoms with Crippen LogP contribution < -0.4 is 4.74 Å². The second-order valence-electron chi connectivity index (χ2n) is 3.97. The van der Waals surface area contributed by atoms with Crippen LogP contribution in [-0.4, -0.2) is 25.6 Å². The largest absolute Gasteiger partial charge is 0.495 e. The zero-order chi connectivity index (χ0) is 12.7. The molecule has 0 aliphatic carbocycles. The highest BCUT2D eigenvalue weighted by Gasteiger charge is 2.04. The van der Waals surface area contributed by atoms with Gasteiger partial charge in [0, 0.05) is 13.0 Å². The monoisotopic (exact) mass is 252 g/mol. The van der Waals surface area contributed by atoms with Gasteiger partial charge in [0.15, 0.2) is 0 Å². The summed E-state index contributed by atoms with van der Waals surface area (Å²) in [6.45, 7) is 1.74. The Balaban J connectivity index is 2.51. The summed E-state index contributed by atoms with van der Waals surface area (Å²) in [7, 11) is 3.64. The molecule has 0 atom stereocenters. The number of ether oxygens (including phenoxy) is 1. The minimum Gasteiger partial charge on any atom is -0.495 e. The summed E-state index contributed by atoms with van der Waals surface area (Å²) in [6, 6.07) is 7.95. The number of nitrogens with zero attached hydrogens (tertiary/aromatic N) is 2. The molecule has 0 aliphatic rings. The van der Waals surface area contributed by atoms with Crippen LogP contribution in [-0.2, 0) is 6.54 Å². The lowest BCUT2D eigenvalue weighted by atomic mass is 10.2. The van der Waals surface area contributed by atoms with E-state index in [4.69, 9.17) is 21.6 Å². The topological polar surface area (TPSA) is 36.3 Å². The Labute approximate surface area is 108 Å². The smallest absolute Gasteiger partial charge is 0.137 e. The number of unbranched alkanes of at least 4 members (excludes halogenated alkanes) is 1. The van der Waals surface area contributed by atoms with E-state index >= 15 is 0 Å². The van der Waals surface area contributed by atoms with E-state index in [2.05, 4.69) is 11.0 Å². The maximum Gasteiger partial charge on any atom is 0.137 e. The molecule has 0 amide bonds. The number of rotatable bonds is 6. The number of hydrogen-bond acceptors (Lipinski definition) is 3. The standard InChI is InChI=1S/C13H17ClN2O/c1-16(8-4-3-7-15)10-11-5-6-13(17-2)12(14)9-11/h5-6,9H,3-4,8,10H2,1-2H3. The van der Waals surface area contributed by atoms with E-state index in [1.54, 1.807) is 7.11 Å². The molecule has 1 aromatic carbocycles. The molecule has 0 aromatic heterocycles. The van der Waals surface area contributed by atoms with Gasteiger partial charge in [-0.05, 0) is 37.7 Å². The van der Waals surface area contributed by atoms with Crippen molar-refractivity contribution in [3.8, 4) is 11.8 Å². The molecule has 0 heterocycles. The molecular weight excluding hydrogens is 236 g/mol. The average Bonchev–Trinajstić information content (AvgIpc) is 2.29. The number of benzene rings is 1. The highest BCUT2D eigenvalue weighted by molar-refractivity contribution is 6.32. The Bertz CT molecular complexity index is 401. The summed E-state index contributed by atoms with van der Waals surface area (Å²) in [5.41, 5.74) is 1.15. The lowest BCUT2D eigenvalue weighted by Crippen LogP contribution is -2.18. The molecule has 0 saturated carbocycles. The SMILES string of the molecule is COc1ccc(CN(C)CCCC#N)cc1Cl. The first-order chi connectivity index (χ1) is 8.17. The fraction of sp³-hybridized carbons (Fsp3) is 0.462. The van der Waals surface area contributed by atoms with Gasteiger partial charge in [0.05, 0.1) is 18.2 Å². The van der Waals surface area contributed by atoms with Gasteiger partial charge in [-0.2, -0.15) is 5.26 Å². The Hall–Kier alpha value is -1.24. The molecule has 0 saturated heterocycles. The zero-order valence-electron chi connectivity index (χ0n) is 10.2. The van der Waals surface area contributed by atoms with Gasteiger partial charge >= 0.3 is 0 Å². The average molecular weight is 253 g/mol. The van der Waals surface area contributed by atoms with E-state index in [0.717, 1.165) is 25.1 Å². The third-order valence-corrected chi connectivity index (χ3v) is 2.79. The molecule has 0 bridgehead atoms. The van der Waals surface area contributed by atoms with E-state index < -0.39 is 0 Å². The molecule has 0 spiro atoms. The van der Waals surface area contributed by atoms with Crippen LogP contribution in [0.4, 0.5) is 0 Å². The van der Waals surface area contributed by atoms with E-state index in [0.29, 0.717) is 17.2 Å². The first kappa shape index (κ1) is 13.8. The van der Waals surface area contributed by atoms with E-state index in [1.807, 2.05) is 25.2 Å². The molecule has 0 fully saturated rings. The van der Waals surface area contributed by atoms with Crippen LogP contribution in [0.25, 0.3) is 0 Å². The summed E-state index contributed by atoms with van der Waals surface area (Å²) in [6.07, 6.45) is 1.50. The van der Waals surface area contributed by atoms with Gasteiger partial charge in [0.2, 0.25) is 0 Å². The van der Waals surface area contributed by atoms with Crippen molar-refractivity contribution in [2.75, 3.05) is 20.7 Å². The van der Waals surface area contributed by atoms with Crippen molar-refractivity contribution in [2.45, 2.75) is 19.4 Å². The fourth-order valence-electron chi connectivity index (χ4n) is 1.63. The van der Waals surface area contributed by atoms with Gasteiger partial charge in [-0.15, -0.1) is 0 Å². The van der Waals surface area contributed by atoms with E-state index in [-0.39, 0.29) is 0 Å². The molecule has 0 aliphatic heterocycles. The van der Waals surface area contributed by atoms with Crippen LogP contribution in [0.2, 0.25) is 5.02 Å². The highest BCUT2D eigenvalue weighted by Crippen LogP contribution is 2.25. The van der Waals surface area contributed by atoms with Crippen LogP contribution in [0.15, 0.2) is 18.2 Å². The summed E-state index contributed by atoms with van der Waals surface area (Å²) >= 11 is 6.05. The highest BCUT2D eigenvalue weighted by atomic mass is 35.5. The summed E-state index contributed by atoms with van der Waals surface area (Å²) in [5.74, 6) is 0.697. The van der Waals surface area contributed by atoms with Crippen molar-refractivity contribution in [1.29, 1.82) is 5.26 Å². The molecule has 17 heavy (non-hydrogen) atoms. The van der Waals surface area contributed by atoms with Crippen LogP contribution in [0, 0.1) is 11.3 Å². The molecule has 3 nitrogen and oxygen atoms in total. The fourth-order valence-corrected chi connectivity index (χ4v) is 1.91. The molecule has 92 valence electrons. The van der Waals surface area contributed by atoms with Gasteiger partial charge < -0.3 is 9.64 Å². The third kappa shape index (κ3) is 4.64. The third-order valence-electron chi connectivity index (χ3n) is 2.50. The van der Waals surface area contributed by atoms with Crippen molar-refractivity contribution in [3.05, 3.63) is 28.8 Å². The maximum atomic E-state index is 8.46. The van der Waals surface area contributed by atoms with E-state index in [9.17, 15) is 0 Å². The minimum atomic E-state index is 0.605. The first-order valence-electron chi connectivity index (χ1n) is 5.55. The molecular formula is C13H17ClN2O. The van der Waals surface area contributed by atoms with E-state index in [1.165, 1.54) is 0 Å². The van der Waals surface area contributed by atoms with Crippen molar-refractivity contribution in [3.63, 3.8) is 0 Å². The maximum absolute atomic E-state index is 8.46. The lowest BCUT2D eigenvalue weighted by molar-refractivity contribution is 0.323.